The Labute approximate surface area is 96.4 Å². The molecule has 3 heteroatoms. The summed E-state index contributed by atoms with van der Waals surface area (Å²) in [5.41, 5.74) is 0. The molecule has 0 aliphatic rings. The Morgan fingerprint density at radius 1 is 1.62 bits per heavy atom. The molecule has 0 spiro atoms. The van der Waals surface area contributed by atoms with E-state index in [2.05, 4.69) is 34.6 Å². The number of thioether (sulfide) groups is 1. The van der Waals surface area contributed by atoms with Crippen molar-refractivity contribution in [2.75, 3.05) is 12.9 Å². The molecule has 0 radical (unpaired) electrons. The van der Waals surface area contributed by atoms with Crippen molar-refractivity contribution in [1.29, 1.82) is 0 Å². The molecule has 0 heterocycles. The third-order valence-electron chi connectivity index (χ3n) is 1.44. The normalized spacial score (nSPS) is 9.31. The molecule has 1 rings (SSSR count). The van der Waals surface area contributed by atoms with E-state index in [9.17, 15) is 0 Å². The van der Waals surface area contributed by atoms with Gasteiger partial charge in [0.25, 0.3) is 0 Å². The average molecular weight is 304 g/mol. The maximum absolute atomic E-state index is 5.40. The van der Waals surface area contributed by atoms with E-state index in [-0.39, 0.29) is 0 Å². The lowest BCUT2D eigenvalue weighted by atomic mass is 10.3. The Bertz CT molecular complexity index is 330. The topological polar surface area (TPSA) is 9.23 Å². The maximum Gasteiger partial charge on any atom is 0.148 e. The molecule has 0 saturated heterocycles. The van der Waals surface area contributed by atoms with Crippen LogP contribution >= 0.6 is 34.4 Å². The predicted molar refractivity (Wildman–Crippen MR) is 65.3 cm³/mol. The van der Waals surface area contributed by atoms with Crippen LogP contribution in [0.15, 0.2) is 23.1 Å². The summed E-state index contributed by atoms with van der Waals surface area (Å²) in [6, 6.07) is 6.08. The minimum Gasteiger partial charge on any atom is -0.480 e. The zero-order valence-corrected chi connectivity index (χ0v) is 10.2. The number of hydrogen-bond acceptors (Lipinski definition) is 2. The fourth-order valence-corrected chi connectivity index (χ4v) is 1.87. The van der Waals surface area contributed by atoms with Crippen molar-refractivity contribution in [2.45, 2.75) is 4.90 Å². The number of terminal acetylenes is 1. The van der Waals surface area contributed by atoms with Crippen molar-refractivity contribution in [3.8, 4) is 18.1 Å². The lowest BCUT2D eigenvalue weighted by molar-refractivity contribution is 0.361. The van der Waals surface area contributed by atoms with Crippen molar-refractivity contribution in [2.24, 2.45) is 0 Å². The molecular formula is C10H9IOS. The molecule has 13 heavy (non-hydrogen) atoms. The van der Waals surface area contributed by atoms with E-state index in [1.807, 2.05) is 18.4 Å². The van der Waals surface area contributed by atoms with Crippen molar-refractivity contribution in [3.05, 3.63) is 21.8 Å². The average Bonchev–Trinajstić information content (AvgIpc) is 2.15. The van der Waals surface area contributed by atoms with Gasteiger partial charge in [-0.15, -0.1) is 18.2 Å². The molecule has 0 aliphatic carbocycles. The van der Waals surface area contributed by atoms with Crippen LogP contribution in [0.5, 0.6) is 5.75 Å². The van der Waals surface area contributed by atoms with Gasteiger partial charge in [-0.05, 0) is 47.0 Å². The van der Waals surface area contributed by atoms with E-state index in [4.69, 9.17) is 11.2 Å². The SMILES string of the molecule is C#CCOc1cc(I)ccc1SC. The Morgan fingerprint density at radius 3 is 3.00 bits per heavy atom. The summed E-state index contributed by atoms with van der Waals surface area (Å²) < 4.78 is 6.55. The molecule has 0 N–H and O–H groups in total. The standard InChI is InChI=1S/C10H9IOS/c1-3-6-12-9-7-8(11)4-5-10(9)13-2/h1,4-5,7H,6H2,2H3. The van der Waals surface area contributed by atoms with Crippen LogP contribution in [0.1, 0.15) is 0 Å². The first kappa shape index (κ1) is 10.7. The summed E-state index contributed by atoms with van der Waals surface area (Å²) in [4.78, 5) is 1.12. The monoisotopic (exact) mass is 304 g/mol. The van der Waals surface area contributed by atoms with Gasteiger partial charge in [-0.3, -0.25) is 0 Å². The first-order chi connectivity index (χ1) is 6.27. The highest BCUT2D eigenvalue weighted by Gasteiger charge is 2.02. The summed E-state index contributed by atoms with van der Waals surface area (Å²) in [5.74, 6) is 3.33. The molecule has 0 saturated carbocycles. The molecule has 1 nitrogen and oxygen atoms in total. The molecule has 0 fully saturated rings. The van der Waals surface area contributed by atoms with Crippen LogP contribution in [0, 0.1) is 15.9 Å². The lowest BCUT2D eigenvalue weighted by Crippen LogP contribution is -1.95. The summed E-state index contributed by atoms with van der Waals surface area (Å²) in [7, 11) is 0. The number of benzene rings is 1. The van der Waals surface area contributed by atoms with E-state index in [1.165, 1.54) is 0 Å². The number of ether oxygens (including phenoxy) is 1. The Kier molecular flexibility index (Phi) is 4.46. The first-order valence-electron chi connectivity index (χ1n) is 3.67. The van der Waals surface area contributed by atoms with Crippen molar-refractivity contribution < 1.29 is 4.74 Å². The summed E-state index contributed by atoms with van der Waals surface area (Å²) >= 11 is 3.91. The van der Waals surface area contributed by atoms with E-state index in [0.29, 0.717) is 6.61 Å². The van der Waals surface area contributed by atoms with E-state index in [0.717, 1.165) is 14.2 Å². The lowest BCUT2D eigenvalue weighted by Gasteiger charge is -2.07. The van der Waals surface area contributed by atoms with Gasteiger partial charge in [0.15, 0.2) is 0 Å². The third-order valence-corrected chi connectivity index (χ3v) is 2.88. The van der Waals surface area contributed by atoms with Crippen LogP contribution in [0.3, 0.4) is 0 Å². The van der Waals surface area contributed by atoms with Gasteiger partial charge in [-0.25, -0.2) is 0 Å². The number of hydrogen-bond donors (Lipinski definition) is 0. The molecule has 68 valence electrons. The zero-order valence-electron chi connectivity index (χ0n) is 7.21. The predicted octanol–water partition coefficient (Wildman–Crippen LogP) is 3.03. The quantitative estimate of drug-likeness (QED) is 0.482. The van der Waals surface area contributed by atoms with Gasteiger partial charge in [0.05, 0.1) is 0 Å². The van der Waals surface area contributed by atoms with Crippen molar-refractivity contribution >= 4 is 34.4 Å². The maximum atomic E-state index is 5.40. The fourth-order valence-electron chi connectivity index (χ4n) is 0.883. The minimum absolute atomic E-state index is 0.327. The Balaban J connectivity index is 2.89. The minimum atomic E-state index is 0.327. The third kappa shape index (κ3) is 3.12. The van der Waals surface area contributed by atoms with Crippen LogP contribution in [-0.4, -0.2) is 12.9 Å². The van der Waals surface area contributed by atoms with Gasteiger partial charge >= 0.3 is 0 Å². The van der Waals surface area contributed by atoms with E-state index < -0.39 is 0 Å². The Morgan fingerprint density at radius 2 is 2.38 bits per heavy atom. The molecule has 1 aromatic rings. The smallest absolute Gasteiger partial charge is 0.148 e. The molecule has 0 atom stereocenters. The second-order valence-corrected chi connectivity index (χ2v) is 4.38. The number of rotatable bonds is 3. The molecular weight excluding hydrogens is 295 g/mol. The first-order valence-corrected chi connectivity index (χ1v) is 5.98. The van der Waals surface area contributed by atoms with Gasteiger partial charge < -0.3 is 4.74 Å². The largest absolute Gasteiger partial charge is 0.480 e. The van der Waals surface area contributed by atoms with Crippen molar-refractivity contribution in [3.63, 3.8) is 0 Å². The summed E-state index contributed by atoms with van der Waals surface area (Å²) in [5, 5.41) is 0. The molecule has 0 aromatic heterocycles. The molecule has 1 aromatic carbocycles. The van der Waals surface area contributed by atoms with Gasteiger partial charge in [-0.2, -0.15) is 0 Å². The second-order valence-electron chi connectivity index (χ2n) is 2.29. The molecule has 0 unspecified atom stereocenters. The molecule has 0 aliphatic heterocycles. The van der Waals surface area contributed by atoms with Gasteiger partial charge in [0.2, 0.25) is 0 Å². The van der Waals surface area contributed by atoms with Gasteiger partial charge in [0, 0.05) is 8.47 Å². The highest BCUT2D eigenvalue weighted by Crippen LogP contribution is 2.28. The Hall–Kier alpha value is -0.340. The van der Waals surface area contributed by atoms with E-state index in [1.54, 1.807) is 11.8 Å². The van der Waals surface area contributed by atoms with Crippen LogP contribution in [0.2, 0.25) is 0 Å². The van der Waals surface area contributed by atoms with Crippen molar-refractivity contribution in [1.82, 2.24) is 0 Å². The fraction of sp³-hybridized carbons (Fsp3) is 0.200. The zero-order chi connectivity index (χ0) is 9.68. The summed E-state index contributed by atoms with van der Waals surface area (Å²) in [6.45, 7) is 0.327. The van der Waals surface area contributed by atoms with Crippen LogP contribution < -0.4 is 4.74 Å². The van der Waals surface area contributed by atoms with Crippen LogP contribution in [-0.2, 0) is 0 Å². The van der Waals surface area contributed by atoms with Gasteiger partial charge in [0.1, 0.15) is 12.4 Å². The molecule has 0 bridgehead atoms. The highest BCUT2D eigenvalue weighted by atomic mass is 127. The molecule has 0 amide bonds. The number of halogens is 1. The summed E-state index contributed by atoms with van der Waals surface area (Å²) in [6.07, 6.45) is 7.14. The van der Waals surface area contributed by atoms with Crippen LogP contribution in [0.4, 0.5) is 0 Å². The highest BCUT2D eigenvalue weighted by molar-refractivity contribution is 14.1. The van der Waals surface area contributed by atoms with E-state index >= 15 is 0 Å². The van der Waals surface area contributed by atoms with Gasteiger partial charge in [-0.1, -0.05) is 5.92 Å². The second kappa shape index (κ2) is 5.40. The van der Waals surface area contributed by atoms with Crippen LogP contribution in [0.25, 0.3) is 0 Å².